The lowest BCUT2D eigenvalue weighted by Crippen LogP contribution is -2.13. The first-order valence-electron chi connectivity index (χ1n) is 7.26. The molecule has 0 aromatic heterocycles. The maximum atomic E-state index is 3.55. The van der Waals surface area contributed by atoms with Crippen LogP contribution in [0.25, 0.3) is 0 Å². The van der Waals surface area contributed by atoms with Crippen molar-refractivity contribution in [2.75, 3.05) is 13.1 Å². The van der Waals surface area contributed by atoms with Crippen molar-refractivity contribution in [3.63, 3.8) is 0 Å². The summed E-state index contributed by atoms with van der Waals surface area (Å²) in [5.74, 6) is 1.28. The molecule has 0 amide bonds. The fraction of sp³-hybridized carbons (Fsp3) is 0.333. The van der Waals surface area contributed by atoms with E-state index in [2.05, 4.69) is 66.0 Å². The Morgan fingerprint density at radius 1 is 0.632 bits per heavy atom. The average Bonchev–Trinajstić information content (AvgIpc) is 2.75. The van der Waals surface area contributed by atoms with E-state index in [1.54, 1.807) is 0 Å². The molecule has 2 aromatic carbocycles. The number of benzene rings is 2. The van der Waals surface area contributed by atoms with E-state index in [0.29, 0.717) is 11.8 Å². The van der Waals surface area contributed by atoms with Gasteiger partial charge in [-0.1, -0.05) is 60.7 Å². The van der Waals surface area contributed by atoms with Crippen LogP contribution in [0.4, 0.5) is 0 Å². The van der Waals surface area contributed by atoms with Gasteiger partial charge in [-0.25, -0.2) is 0 Å². The van der Waals surface area contributed by atoms with Crippen LogP contribution in [0.15, 0.2) is 60.7 Å². The van der Waals surface area contributed by atoms with E-state index < -0.39 is 0 Å². The summed E-state index contributed by atoms with van der Waals surface area (Å²) in [6.07, 6.45) is 2.45. The molecule has 0 aliphatic carbocycles. The molecule has 1 heterocycles. The Bertz CT molecular complexity index is 444. The lowest BCUT2D eigenvalue weighted by molar-refractivity contribution is 0.524. The normalized spacial score (nSPS) is 23.8. The third-order valence-electron chi connectivity index (χ3n) is 4.21. The van der Waals surface area contributed by atoms with Gasteiger partial charge in [-0.15, -0.1) is 0 Å². The highest BCUT2D eigenvalue weighted by atomic mass is 14.9. The van der Waals surface area contributed by atoms with Crippen molar-refractivity contribution in [3.8, 4) is 0 Å². The van der Waals surface area contributed by atoms with Crippen molar-refractivity contribution in [3.05, 3.63) is 71.8 Å². The summed E-state index contributed by atoms with van der Waals surface area (Å²) in [7, 11) is 0. The zero-order valence-corrected chi connectivity index (χ0v) is 11.3. The molecule has 1 fully saturated rings. The van der Waals surface area contributed by atoms with Gasteiger partial charge in [0.2, 0.25) is 0 Å². The summed E-state index contributed by atoms with van der Waals surface area (Å²) in [6, 6.07) is 22.0. The van der Waals surface area contributed by atoms with Gasteiger partial charge in [0.25, 0.3) is 0 Å². The molecule has 0 radical (unpaired) electrons. The Balaban J connectivity index is 1.94. The molecule has 19 heavy (non-hydrogen) atoms. The highest BCUT2D eigenvalue weighted by Crippen LogP contribution is 2.38. The van der Waals surface area contributed by atoms with E-state index in [1.165, 1.54) is 24.0 Å². The standard InChI is InChI=1S/C18H21N/c1-3-7-15(8-4-1)17-11-13-19-14-12-18(17)16-9-5-2-6-10-16/h1-10,17-19H,11-14H2. The number of rotatable bonds is 2. The van der Waals surface area contributed by atoms with Crippen molar-refractivity contribution in [2.24, 2.45) is 0 Å². The van der Waals surface area contributed by atoms with Crippen LogP contribution < -0.4 is 5.32 Å². The van der Waals surface area contributed by atoms with Gasteiger partial charge in [-0.3, -0.25) is 0 Å². The minimum absolute atomic E-state index is 0.638. The van der Waals surface area contributed by atoms with Crippen molar-refractivity contribution < 1.29 is 0 Å². The topological polar surface area (TPSA) is 12.0 Å². The highest BCUT2D eigenvalue weighted by molar-refractivity contribution is 5.29. The Hall–Kier alpha value is -1.60. The van der Waals surface area contributed by atoms with Gasteiger partial charge in [0.15, 0.2) is 0 Å². The van der Waals surface area contributed by atoms with E-state index in [-0.39, 0.29) is 0 Å². The molecule has 1 aliphatic rings. The molecular weight excluding hydrogens is 230 g/mol. The largest absolute Gasteiger partial charge is 0.317 e. The summed E-state index contributed by atoms with van der Waals surface area (Å²) in [6.45, 7) is 2.26. The van der Waals surface area contributed by atoms with Gasteiger partial charge in [0.1, 0.15) is 0 Å². The molecule has 1 aliphatic heterocycles. The van der Waals surface area contributed by atoms with E-state index in [0.717, 1.165) is 13.1 Å². The first-order chi connectivity index (χ1) is 9.45. The molecule has 1 N–H and O–H groups in total. The second kappa shape index (κ2) is 6.03. The summed E-state index contributed by atoms with van der Waals surface area (Å²) in [5, 5.41) is 3.55. The Kier molecular flexibility index (Phi) is 3.95. The van der Waals surface area contributed by atoms with Gasteiger partial charge in [0, 0.05) is 0 Å². The molecule has 2 aromatic rings. The number of hydrogen-bond donors (Lipinski definition) is 1. The SMILES string of the molecule is c1ccc(C2CCNCCC2c2ccccc2)cc1. The summed E-state index contributed by atoms with van der Waals surface area (Å²) in [5.41, 5.74) is 2.97. The Morgan fingerprint density at radius 2 is 1.05 bits per heavy atom. The van der Waals surface area contributed by atoms with Gasteiger partial charge in [-0.2, -0.15) is 0 Å². The fourth-order valence-corrected chi connectivity index (χ4v) is 3.24. The van der Waals surface area contributed by atoms with Crippen LogP contribution in [0.2, 0.25) is 0 Å². The molecule has 98 valence electrons. The van der Waals surface area contributed by atoms with E-state index >= 15 is 0 Å². The van der Waals surface area contributed by atoms with Gasteiger partial charge < -0.3 is 5.32 Å². The summed E-state index contributed by atoms with van der Waals surface area (Å²) in [4.78, 5) is 0. The molecule has 0 spiro atoms. The highest BCUT2D eigenvalue weighted by Gasteiger charge is 2.25. The lowest BCUT2D eigenvalue weighted by atomic mass is 9.78. The molecule has 3 rings (SSSR count). The lowest BCUT2D eigenvalue weighted by Gasteiger charge is -2.25. The molecular formula is C18H21N. The average molecular weight is 251 g/mol. The monoisotopic (exact) mass is 251 g/mol. The molecule has 1 saturated heterocycles. The van der Waals surface area contributed by atoms with Crippen LogP contribution in [-0.4, -0.2) is 13.1 Å². The Labute approximate surface area is 115 Å². The maximum Gasteiger partial charge on any atom is -0.00429 e. The maximum absolute atomic E-state index is 3.55. The number of nitrogens with one attached hydrogen (secondary N) is 1. The summed E-state index contributed by atoms with van der Waals surface area (Å²) < 4.78 is 0. The smallest absolute Gasteiger partial charge is 0.00429 e. The van der Waals surface area contributed by atoms with Crippen molar-refractivity contribution in [1.29, 1.82) is 0 Å². The third-order valence-corrected chi connectivity index (χ3v) is 4.21. The molecule has 2 unspecified atom stereocenters. The molecule has 0 bridgehead atoms. The van der Waals surface area contributed by atoms with E-state index in [1.807, 2.05) is 0 Å². The van der Waals surface area contributed by atoms with Crippen molar-refractivity contribution in [1.82, 2.24) is 5.32 Å². The van der Waals surface area contributed by atoms with E-state index in [9.17, 15) is 0 Å². The Morgan fingerprint density at radius 3 is 1.47 bits per heavy atom. The molecule has 2 atom stereocenters. The third kappa shape index (κ3) is 2.87. The second-order valence-corrected chi connectivity index (χ2v) is 5.36. The fourth-order valence-electron chi connectivity index (χ4n) is 3.24. The summed E-state index contributed by atoms with van der Waals surface area (Å²) >= 11 is 0. The van der Waals surface area contributed by atoms with Gasteiger partial charge >= 0.3 is 0 Å². The molecule has 1 nitrogen and oxygen atoms in total. The quantitative estimate of drug-likeness (QED) is 0.852. The second-order valence-electron chi connectivity index (χ2n) is 5.36. The van der Waals surface area contributed by atoms with Crippen molar-refractivity contribution in [2.45, 2.75) is 24.7 Å². The van der Waals surface area contributed by atoms with Crippen LogP contribution in [0.1, 0.15) is 35.8 Å². The predicted molar refractivity (Wildman–Crippen MR) is 80.5 cm³/mol. The van der Waals surface area contributed by atoms with Crippen LogP contribution in [-0.2, 0) is 0 Å². The predicted octanol–water partition coefficient (Wildman–Crippen LogP) is 3.94. The van der Waals surface area contributed by atoms with Crippen molar-refractivity contribution >= 4 is 0 Å². The van der Waals surface area contributed by atoms with Crippen LogP contribution in [0, 0.1) is 0 Å². The zero-order valence-electron chi connectivity index (χ0n) is 11.3. The minimum Gasteiger partial charge on any atom is -0.317 e. The van der Waals surface area contributed by atoms with Gasteiger partial charge in [-0.05, 0) is 48.9 Å². The van der Waals surface area contributed by atoms with E-state index in [4.69, 9.17) is 0 Å². The van der Waals surface area contributed by atoms with Crippen LogP contribution >= 0.6 is 0 Å². The van der Waals surface area contributed by atoms with Gasteiger partial charge in [0.05, 0.1) is 0 Å². The first kappa shape index (κ1) is 12.4. The van der Waals surface area contributed by atoms with Crippen LogP contribution in [0.5, 0.6) is 0 Å². The molecule has 0 saturated carbocycles. The number of hydrogen-bond acceptors (Lipinski definition) is 1. The zero-order chi connectivity index (χ0) is 12.9. The minimum atomic E-state index is 0.638. The van der Waals surface area contributed by atoms with Crippen LogP contribution in [0.3, 0.4) is 0 Å². The first-order valence-corrected chi connectivity index (χ1v) is 7.26. The molecule has 1 heteroatoms.